The summed E-state index contributed by atoms with van der Waals surface area (Å²) in [6, 6.07) is 3.23. The normalized spacial score (nSPS) is 9.93. The van der Waals surface area contributed by atoms with Gasteiger partial charge in [-0.05, 0) is 31.0 Å². The number of nitrogens with zero attached hydrogens (tertiary/aromatic N) is 1. The maximum atomic E-state index is 10.6. The molecule has 0 bridgehead atoms. The third-order valence-electron chi connectivity index (χ3n) is 1.92. The monoisotopic (exact) mass is 211 g/mol. The van der Waals surface area contributed by atoms with Gasteiger partial charge >= 0.3 is 0 Å². The van der Waals surface area contributed by atoms with Crippen LogP contribution in [0.2, 0.25) is 5.02 Å². The number of halogens is 1. The van der Waals surface area contributed by atoms with E-state index < -0.39 is 4.92 Å². The Balaban J connectivity index is 3.43. The van der Waals surface area contributed by atoms with E-state index in [0.717, 1.165) is 11.1 Å². The Bertz CT molecular complexity index is 413. The third kappa shape index (κ3) is 1.93. The number of hydrogen-bond donors (Lipinski definition) is 0. The number of benzene rings is 1. The van der Waals surface area contributed by atoms with Crippen LogP contribution in [-0.4, -0.2) is 4.92 Å². The van der Waals surface area contributed by atoms with Gasteiger partial charge in [-0.15, -0.1) is 0 Å². The van der Waals surface area contributed by atoms with Crippen molar-refractivity contribution in [2.75, 3.05) is 0 Å². The number of allylic oxidation sites excluding steroid dienone is 1. The van der Waals surface area contributed by atoms with Gasteiger partial charge in [0.25, 0.3) is 5.69 Å². The van der Waals surface area contributed by atoms with E-state index in [0.29, 0.717) is 5.56 Å². The second kappa shape index (κ2) is 3.80. The fourth-order valence-electron chi connectivity index (χ4n) is 1.13. The second-order valence-electron chi connectivity index (χ2n) is 3.16. The van der Waals surface area contributed by atoms with Crippen molar-refractivity contribution in [2.45, 2.75) is 13.8 Å². The molecule has 0 heterocycles. The van der Waals surface area contributed by atoms with E-state index in [-0.39, 0.29) is 10.7 Å². The summed E-state index contributed by atoms with van der Waals surface area (Å²) >= 11 is 5.79. The molecule has 0 fully saturated rings. The minimum Gasteiger partial charge on any atom is -0.258 e. The average molecular weight is 212 g/mol. The van der Waals surface area contributed by atoms with Gasteiger partial charge < -0.3 is 0 Å². The molecule has 1 aromatic rings. The molecule has 0 atom stereocenters. The van der Waals surface area contributed by atoms with Gasteiger partial charge in [0, 0.05) is 6.07 Å². The van der Waals surface area contributed by atoms with Gasteiger partial charge in [-0.25, -0.2) is 0 Å². The minimum absolute atomic E-state index is 0.0651. The lowest BCUT2D eigenvalue weighted by atomic mass is 10.1. The van der Waals surface area contributed by atoms with Crippen molar-refractivity contribution in [3.63, 3.8) is 0 Å². The molecule has 0 aliphatic heterocycles. The SMILES string of the molecule is C=C(C)c1cc(C)c(Cl)c([N+](=O)[O-])c1. The zero-order valence-corrected chi connectivity index (χ0v) is 8.76. The molecule has 0 unspecified atom stereocenters. The van der Waals surface area contributed by atoms with E-state index in [1.165, 1.54) is 6.07 Å². The zero-order valence-electron chi connectivity index (χ0n) is 8.00. The Kier molecular flexibility index (Phi) is 2.91. The number of aryl methyl sites for hydroxylation is 1. The van der Waals surface area contributed by atoms with Crippen LogP contribution < -0.4 is 0 Å². The van der Waals surface area contributed by atoms with Crippen molar-refractivity contribution < 1.29 is 4.92 Å². The van der Waals surface area contributed by atoms with Crippen LogP contribution in [0, 0.1) is 17.0 Å². The summed E-state index contributed by atoms with van der Waals surface area (Å²) in [4.78, 5) is 10.2. The molecule has 0 aromatic heterocycles. The van der Waals surface area contributed by atoms with Crippen LogP contribution >= 0.6 is 11.6 Å². The van der Waals surface area contributed by atoms with E-state index in [1.54, 1.807) is 19.9 Å². The molecule has 0 aliphatic carbocycles. The standard InChI is InChI=1S/C10H10ClNO2/c1-6(2)8-4-7(3)10(11)9(5-8)12(13)14/h4-5H,1H2,2-3H3. The molecule has 0 saturated heterocycles. The Morgan fingerprint density at radius 1 is 1.57 bits per heavy atom. The van der Waals surface area contributed by atoms with Crippen LogP contribution in [0.1, 0.15) is 18.1 Å². The molecular formula is C10H10ClNO2. The molecule has 0 saturated carbocycles. The summed E-state index contributed by atoms with van der Waals surface area (Å²) in [5, 5.41) is 10.8. The highest BCUT2D eigenvalue weighted by atomic mass is 35.5. The molecule has 1 aromatic carbocycles. The van der Waals surface area contributed by atoms with Crippen LogP contribution in [0.25, 0.3) is 5.57 Å². The smallest absolute Gasteiger partial charge is 0.258 e. The highest BCUT2D eigenvalue weighted by Crippen LogP contribution is 2.31. The summed E-state index contributed by atoms with van der Waals surface area (Å²) in [6.45, 7) is 7.27. The van der Waals surface area contributed by atoms with Crippen molar-refractivity contribution in [1.29, 1.82) is 0 Å². The maximum absolute atomic E-state index is 10.6. The van der Waals surface area contributed by atoms with Crippen LogP contribution in [0.4, 0.5) is 5.69 Å². The number of nitro benzene ring substituents is 1. The van der Waals surface area contributed by atoms with Gasteiger partial charge in [0.2, 0.25) is 0 Å². The third-order valence-corrected chi connectivity index (χ3v) is 2.42. The molecule has 1 rings (SSSR count). The van der Waals surface area contributed by atoms with Crippen molar-refractivity contribution in [1.82, 2.24) is 0 Å². The van der Waals surface area contributed by atoms with Gasteiger partial charge in [0.15, 0.2) is 0 Å². The molecule has 74 valence electrons. The lowest BCUT2D eigenvalue weighted by Gasteiger charge is -2.04. The summed E-state index contributed by atoms with van der Waals surface area (Å²) in [7, 11) is 0. The van der Waals surface area contributed by atoms with Crippen molar-refractivity contribution in [3.05, 3.63) is 45.0 Å². The Labute approximate surface area is 87.2 Å². The lowest BCUT2D eigenvalue weighted by Crippen LogP contribution is -1.93. The molecule has 0 amide bonds. The predicted octanol–water partition coefficient (Wildman–Crippen LogP) is 3.59. The van der Waals surface area contributed by atoms with Gasteiger partial charge in [0.1, 0.15) is 5.02 Å². The first-order chi connectivity index (χ1) is 6.43. The van der Waals surface area contributed by atoms with E-state index in [1.807, 2.05) is 0 Å². The molecular weight excluding hydrogens is 202 g/mol. The van der Waals surface area contributed by atoms with E-state index >= 15 is 0 Å². The van der Waals surface area contributed by atoms with Gasteiger partial charge in [0.05, 0.1) is 4.92 Å². The highest BCUT2D eigenvalue weighted by Gasteiger charge is 2.15. The van der Waals surface area contributed by atoms with Crippen LogP contribution in [-0.2, 0) is 0 Å². The van der Waals surface area contributed by atoms with Crippen molar-refractivity contribution in [2.24, 2.45) is 0 Å². The van der Waals surface area contributed by atoms with Crippen LogP contribution in [0.15, 0.2) is 18.7 Å². The zero-order chi connectivity index (χ0) is 10.9. The molecule has 0 radical (unpaired) electrons. The predicted molar refractivity (Wildman–Crippen MR) is 57.6 cm³/mol. The summed E-state index contributed by atoms with van der Waals surface area (Å²) in [5.41, 5.74) is 2.16. The number of hydrogen-bond acceptors (Lipinski definition) is 2. The largest absolute Gasteiger partial charge is 0.288 e. The molecule has 0 N–H and O–H groups in total. The first kappa shape index (κ1) is 10.7. The molecule has 14 heavy (non-hydrogen) atoms. The molecule has 0 aliphatic rings. The fraction of sp³-hybridized carbons (Fsp3) is 0.200. The Morgan fingerprint density at radius 3 is 2.57 bits per heavy atom. The first-order valence-electron chi connectivity index (χ1n) is 4.04. The molecule has 4 heteroatoms. The van der Waals surface area contributed by atoms with Crippen LogP contribution in [0.3, 0.4) is 0 Å². The summed E-state index contributed by atoms with van der Waals surface area (Å²) < 4.78 is 0. The number of nitro groups is 1. The average Bonchev–Trinajstić information content (AvgIpc) is 2.08. The topological polar surface area (TPSA) is 43.1 Å². The van der Waals surface area contributed by atoms with E-state index in [2.05, 4.69) is 6.58 Å². The summed E-state index contributed by atoms with van der Waals surface area (Å²) in [5.74, 6) is 0. The van der Waals surface area contributed by atoms with Crippen molar-refractivity contribution in [3.8, 4) is 0 Å². The Morgan fingerprint density at radius 2 is 2.14 bits per heavy atom. The number of rotatable bonds is 2. The fourth-order valence-corrected chi connectivity index (χ4v) is 1.31. The molecule has 0 spiro atoms. The van der Waals surface area contributed by atoms with Crippen LogP contribution in [0.5, 0.6) is 0 Å². The van der Waals surface area contributed by atoms with E-state index in [9.17, 15) is 10.1 Å². The summed E-state index contributed by atoms with van der Waals surface area (Å²) in [6.07, 6.45) is 0. The van der Waals surface area contributed by atoms with E-state index in [4.69, 9.17) is 11.6 Å². The second-order valence-corrected chi connectivity index (χ2v) is 3.54. The first-order valence-corrected chi connectivity index (χ1v) is 4.41. The quantitative estimate of drug-likeness (QED) is 0.554. The molecule has 3 nitrogen and oxygen atoms in total. The van der Waals surface area contributed by atoms with Crippen molar-refractivity contribution >= 4 is 22.9 Å². The maximum Gasteiger partial charge on any atom is 0.288 e. The Hall–Kier alpha value is -1.35. The van der Waals surface area contributed by atoms with Gasteiger partial charge in [-0.1, -0.05) is 23.8 Å². The highest BCUT2D eigenvalue weighted by molar-refractivity contribution is 6.33. The lowest BCUT2D eigenvalue weighted by molar-refractivity contribution is -0.384. The minimum atomic E-state index is -0.484. The van der Waals surface area contributed by atoms with Gasteiger partial charge in [-0.2, -0.15) is 0 Å². The van der Waals surface area contributed by atoms with Gasteiger partial charge in [-0.3, -0.25) is 10.1 Å².